The first-order chi connectivity index (χ1) is 16.4. The molecule has 0 unspecified atom stereocenters. The molecule has 0 N–H and O–H groups in total. The molecule has 5 rings (SSSR count). The van der Waals surface area contributed by atoms with E-state index in [1.54, 1.807) is 26.1 Å². The SMILES string of the molecule is CCc1nnc([C@H]2CN(c3cc4nc(C)n(C)c(=O)c4c(-c4ccc(Cl)cc4F)n3)CCO2)o1. The Balaban J connectivity index is 1.64. The van der Waals surface area contributed by atoms with Gasteiger partial charge in [0.15, 0.2) is 6.10 Å². The van der Waals surface area contributed by atoms with Crippen LogP contribution in [-0.4, -0.2) is 44.4 Å². The molecule has 0 spiro atoms. The number of aryl methyl sites for hydroxylation is 2. The molecule has 11 heteroatoms. The van der Waals surface area contributed by atoms with Gasteiger partial charge in [-0.2, -0.15) is 0 Å². The van der Waals surface area contributed by atoms with Crippen LogP contribution in [0.2, 0.25) is 5.02 Å². The van der Waals surface area contributed by atoms with Crippen LogP contribution in [0.4, 0.5) is 10.2 Å². The molecule has 34 heavy (non-hydrogen) atoms. The van der Waals surface area contributed by atoms with Crippen LogP contribution < -0.4 is 10.5 Å². The minimum absolute atomic E-state index is 0.174. The Hall–Kier alpha value is -3.37. The second-order valence-electron chi connectivity index (χ2n) is 8.06. The van der Waals surface area contributed by atoms with Gasteiger partial charge in [0.25, 0.3) is 5.56 Å². The number of fused-ring (bicyclic) bond motifs is 1. The first-order valence-corrected chi connectivity index (χ1v) is 11.3. The number of anilines is 1. The summed E-state index contributed by atoms with van der Waals surface area (Å²) in [6.07, 6.45) is 0.194. The highest BCUT2D eigenvalue weighted by atomic mass is 35.5. The third-order valence-electron chi connectivity index (χ3n) is 5.91. The maximum Gasteiger partial charge on any atom is 0.263 e. The van der Waals surface area contributed by atoms with E-state index >= 15 is 0 Å². The van der Waals surface area contributed by atoms with Crippen LogP contribution in [0, 0.1) is 12.7 Å². The van der Waals surface area contributed by atoms with Crippen LogP contribution in [0.3, 0.4) is 0 Å². The van der Waals surface area contributed by atoms with Gasteiger partial charge in [-0.1, -0.05) is 18.5 Å². The predicted octanol–water partition coefficient (Wildman–Crippen LogP) is 3.62. The van der Waals surface area contributed by atoms with Crippen molar-refractivity contribution in [2.24, 2.45) is 7.05 Å². The van der Waals surface area contributed by atoms with Gasteiger partial charge in [0.2, 0.25) is 11.8 Å². The van der Waals surface area contributed by atoms with Crippen molar-refractivity contribution in [3.63, 3.8) is 0 Å². The van der Waals surface area contributed by atoms with Gasteiger partial charge in [-0.15, -0.1) is 10.2 Å². The lowest BCUT2D eigenvalue weighted by molar-refractivity contribution is 0.0213. The average molecular weight is 485 g/mol. The molecular formula is C23H22ClFN6O3. The van der Waals surface area contributed by atoms with Crippen molar-refractivity contribution in [2.75, 3.05) is 24.6 Å². The standard InChI is InChI=1S/C23H22ClFN6O3/c1-4-19-28-29-22(34-19)17-11-31(7-8-33-17)18-10-16-20(23(32)30(3)12(2)26-16)21(27-18)14-6-5-13(24)9-15(14)25/h5-6,9-10,17H,4,7-8,11H2,1-3H3/t17-/m1/s1. The van der Waals surface area contributed by atoms with E-state index in [1.807, 2.05) is 11.8 Å². The van der Waals surface area contributed by atoms with E-state index in [1.165, 1.54) is 16.7 Å². The van der Waals surface area contributed by atoms with E-state index in [9.17, 15) is 9.18 Å². The van der Waals surface area contributed by atoms with E-state index in [0.29, 0.717) is 55.1 Å². The molecule has 176 valence electrons. The summed E-state index contributed by atoms with van der Waals surface area (Å²) in [5.41, 5.74) is 0.518. The second kappa shape index (κ2) is 8.77. The Morgan fingerprint density at radius 1 is 1.24 bits per heavy atom. The highest BCUT2D eigenvalue weighted by Crippen LogP contribution is 2.32. The lowest BCUT2D eigenvalue weighted by Gasteiger charge is -2.32. The quantitative estimate of drug-likeness (QED) is 0.433. The number of hydrogen-bond acceptors (Lipinski definition) is 8. The minimum Gasteiger partial charge on any atom is -0.422 e. The maximum atomic E-state index is 15.0. The second-order valence-corrected chi connectivity index (χ2v) is 8.50. The molecule has 9 nitrogen and oxygen atoms in total. The Morgan fingerprint density at radius 2 is 2.06 bits per heavy atom. The summed E-state index contributed by atoms with van der Waals surface area (Å²) < 4.78 is 27.9. The number of halogens is 2. The molecule has 1 atom stereocenters. The van der Waals surface area contributed by atoms with Gasteiger partial charge < -0.3 is 14.1 Å². The zero-order valence-electron chi connectivity index (χ0n) is 18.9. The lowest BCUT2D eigenvalue weighted by Crippen LogP contribution is -2.39. The number of pyridine rings is 1. The number of morpholine rings is 1. The van der Waals surface area contributed by atoms with Gasteiger partial charge in [0, 0.05) is 36.7 Å². The van der Waals surface area contributed by atoms with Crippen LogP contribution in [0.1, 0.15) is 30.6 Å². The Bertz CT molecular complexity index is 1450. The number of nitrogens with zero attached hydrogens (tertiary/aromatic N) is 6. The van der Waals surface area contributed by atoms with Crippen LogP contribution in [0.15, 0.2) is 33.5 Å². The van der Waals surface area contributed by atoms with Gasteiger partial charge in [-0.3, -0.25) is 9.36 Å². The zero-order valence-corrected chi connectivity index (χ0v) is 19.6. The van der Waals surface area contributed by atoms with Gasteiger partial charge >= 0.3 is 0 Å². The molecule has 0 saturated carbocycles. The van der Waals surface area contributed by atoms with Crippen molar-refractivity contribution in [1.82, 2.24) is 24.7 Å². The van der Waals surface area contributed by atoms with E-state index in [-0.39, 0.29) is 27.2 Å². The lowest BCUT2D eigenvalue weighted by atomic mass is 10.1. The van der Waals surface area contributed by atoms with Crippen molar-refractivity contribution >= 4 is 28.3 Å². The molecule has 1 aromatic carbocycles. The third-order valence-corrected chi connectivity index (χ3v) is 6.14. The van der Waals surface area contributed by atoms with E-state index in [2.05, 4.69) is 15.2 Å². The summed E-state index contributed by atoms with van der Waals surface area (Å²) in [6, 6.07) is 6.04. The first-order valence-electron chi connectivity index (χ1n) is 10.9. The molecule has 1 aliphatic heterocycles. The fourth-order valence-electron chi connectivity index (χ4n) is 3.97. The summed E-state index contributed by atoms with van der Waals surface area (Å²) in [5, 5.41) is 8.61. The Kier molecular flexibility index (Phi) is 5.78. The largest absolute Gasteiger partial charge is 0.422 e. The summed E-state index contributed by atoms with van der Waals surface area (Å²) in [4.78, 5) is 24.5. The topological polar surface area (TPSA) is 99.2 Å². The molecule has 0 aliphatic carbocycles. The number of hydrogen-bond donors (Lipinski definition) is 0. The molecule has 1 saturated heterocycles. The highest BCUT2D eigenvalue weighted by Gasteiger charge is 2.29. The predicted molar refractivity (Wildman–Crippen MR) is 125 cm³/mol. The fourth-order valence-corrected chi connectivity index (χ4v) is 4.13. The maximum absolute atomic E-state index is 15.0. The Morgan fingerprint density at radius 3 is 2.79 bits per heavy atom. The fraction of sp³-hybridized carbons (Fsp3) is 0.348. The molecule has 4 aromatic rings. The molecule has 0 bridgehead atoms. The smallest absolute Gasteiger partial charge is 0.263 e. The number of rotatable bonds is 4. The number of aromatic nitrogens is 5. The Labute approximate surface area is 199 Å². The van der Waals surface area contributed by atoms with Crippen LogP contribution in [0.25, 0.3) is 22.2 Å². The molecule has 3 aromatic heterocycles. The molecular weight excluding hydrogens is 463 g/mol. The molecule has 0 radical (unpaired) electrons. The third kappa shape index (κ3) is 3.92. The van der Waals surface area contributed by atoms with E-state index in [4.69, 9.17) is 25.7 Å². The van der Waals surface area contributed by atoms with E-state index in [0.717, 1.165) is 0 Å². The van der Waals surface area contributed by atoms with Crippen LogP contribution in [-0.2, 0) is 18.2 Å². The van der Waals surface area contributed by atoms with Gasteiger partial charge in [0.1, 0.15) is 17.5 Å². The summed E-state index contributed by atoms with van der Waals surface area (Å²) in [6.45, 7) is 5.02. The average Bonchev–Trinajstić information content (AvgIpc) is 3.31. The highest BCUT2D eigenvalue weighted by molar-refractivity contribution is 6.30. The normalized spacial score (nSPS) is 16.4. The van der Waals surface area contributed by atoms with Gasteiger partial charge in [-0.25, -0.2) is 14.4 Å². The molecule has 4 heterocycles. The molecule has 0 amide bonds. The minimum atomic E-state index is -0.570. The molecule has 1 fully saturated rings. The zero-order chi connectivity index (χ0) is 24.0. The summed E-state index contributed by atoms with van der Waals surface area (Å²) in [5.74, 6) is 1.44. The van der Waals surface area contributed by atoms with Crippen molar-refractivity contribution in [2.45, 2.75) is 26.4 Å². The van der Waals surface area contributed by atoms with Crippen molar-refractivity contribution in [1.29, 1.82) is 0 Å². The number of benzene rings is 1. The van der Waals surface area contributed by atoms with Crippen molar-refractivity contribution in [3.8, 4) is 11.3 Å². The summed E-state index contributed by atoms with van der Waals surface area (Å²) in [7, 11) is 1.63. The van der Waals surface area contributed by atoms with Crippen molar-refractivity contribution < 1.29 is 13.5 Å². The van der Waals surface area contributed by atoms with Gasteiger partial charge in [-0.05, 0) is 25.1 Å². The molecule has 1 aliphatic rings. The summed E-state index contributed by atoms with van der Waals surface area (Å²) >= 11 is 5.96. The van der Waals surface area contributed by atoms with Gasteiger partial charge in [0.05, 0.1) is 29.7 Å². The van der Waals surface area contributed by atoms with Crippen molar-refractivity contribution in [3.05, 3.63) is 63.1 Å². The first kappa shape index (κ1) is 22.4. The number of ether oxygens (including phenoxy) is 1. The van der Waals surface area contributed by atoms with E-state index < -0.39 is 11.9 Å². The van der Waals surface area contributed by atoms with Crippen LogP contribution >= 0.6 is 11.6 Å². The van der Waals surface area contributed by atoms with Crippen LogP contribution in [0.5, 0.6) is 0 Å². The monoisotopic (exact) mass is 484 g/mol.